The van der Waals surface area contributed by atoms with Crippen LogP contribution in [0.25, 0.3) is 0 Å². The van der Waals surface area contributed by atoms with E-state index in [1.807, 2.05) is 42.2 Å². The second kappa shape index (κ2) is 5.93. The Balaban J connectivity index is 1.80. The van der Waals surface area contributed by atoms with Crippen LogP contribution in [0.5, 0.6) is 0 Å². The van der Waals surface area contributed by atoms with E-state index in [2.05, 4.69) is 33.6 Å². The molecule has 3 aromatic rings. The van der Waals surface area contributed by atoms with Gasteiger partial charge >= 0.3 is 0 Å². The molecular formula is C16H16N4S. The zero-order valence-corrected chi connectivity index (χ0v) is 12.5. The van der Waals surface area contributed by atoms with Crippen molar-refractivity contribution in [2.24, 2.45) is 10.7 Å². The fourth-order valence-corrected chi connectivity index (χ4v) is 2.74. The molecule has 1 aromatic carbocycles. The van der Waals surface area contributed by atoms with Crippen LogP contribution in [0.15, 0.2) is 65.5 Å². The van der Waals surface area contributed by atoms with Crippen LogP contribution in [0.1, 0.15) is 23.4 Å². The molecule has 0 saturated heterocycles. The quantitative estimate of drug-likeness (QED) is 0.591. The van der Waals surface area contributed by atoms with Gasteiger partial charge in [-0.1, -0.05) is 18.2 Å². The molecule has 0 aliphatic heterocycles. The summed E-state index contributed by atoms with van der Waals surface area (Å²) in [5.74, 6) is 0.556. The second-order valence-corrected chi connectivity index (χ2v) is 5.70. The molecule has 2 heterocycles. The lowest BCUT2D eigenvalue weighted by atomic mass is 10.1. The SMILES string of the molecule is CC(c1ccc(N=C(N)c2cccs2)cc1)n1ccnc1. The smallest absolute Gasteiger partial charge is 0.141 e. The first-order valence-corrected chi connectivity index (χ1v) is 7.57. The highest BCUT2D eigenvalue weighted by Crippen LogP contribution is 2.21. The van der Waals surface area contributed by atoms with E-state index >= 15 is 0 Å². The first-order valence-electron chi connectivity index (χ1n) is 6.69. The number of benzene rings is 1. The van der Waals surface area contributed by atoms with Crippen LogP contribution < -0.4 is 5.73 Å². The second-order valence-electron chi connectivity index (χ2n) is 4.75. The molecule has 0 radical (unpaired) electrons. The van der Waals surface area contributed by atoms with E-state index in [1.54, 1.807) is 17.5 Å². The summed E-state index contributed by atoms with van der Waals surface area (Å²) in [7, 11) is 0. The van der Waals surface area contributed by atoms with Crippen molar-refractivity contribution >= 4 is 22.9 Å². The van der Waals surface area contributed by atoms with Crippen LogP contribution in [0.2, 0.25) is 0 Å². The van der Waals surface area contributed by atoms with Crippen molar-refractivity contribution in [1.82, 2.24) is 9.55 Å². The largest absolute Gasteiger partial charge is 0.383 e. The zero-order valence-electron chi connectivity index (χ0n) is 11.7. The van der Waals surface area contributed by atoms with Gasteiger partial charge in [-0.3, -0.25) is 0 Å². The minimum atomic E-state index is 0.250. The summed E-state index contributed by atoms with van der Waals surface area (Å²) in [6, 6.07) is 12.3. The van der Waals surface area contributed by atoms with E-state index in [4.69, 9.17) is 5.73 Å². The molecule has 1 unspecified atom stereocenters. The van der Waals surface area contributed by atoms with Crippen LogP contribution in [0, 0.1) is 0 Å². The molecule has 0 fully saturated rings. The summed E-state index contributed by atoms with van der Waals surface area (Å²) in [4.78, 5) is 9.52. The van der Waals surface area contributed by atoms with Gasteiger partial charge in [0.2, 0.25) is 0 Å². The highest BCUT2D eigenvalue weighted by atomic mass is 32.1. The monoisotopic (exact) mass is 296 g/mol. The predicted octanol–water partition coefficient (Wildman–Crippen LogP) is 3.59. The van der Waals surface area contributed by atoms with Crippen LogP contribution in [-0.4, -0.2) is 15.4 Å². The summed E-state index contributed by atoms with van der Waals surface area (Å²) in [6.07, 6.45) is 5.58. The molecule has 3 rings (SSSR count). The fraction of sp³-hybridized carbons (Fsp3) is 0.125. The lowest BCUT2D eigenvalue weighted by molar-refractivity contribution is 0.638. The molecule has 106 valence electrons. The van der Waals surface area contributed by atoms with Crippen LogP contribution in [0.3, 0.4) is 0 Å². The maximum absolute atomic E-state index is 5.99. The zero-order chi connectivity index (χ0) is 14.7. The van der Waals surface area contributed by atoms with Crippen molar-refractivity contribution in [2.45, 2.75) is 13.0 Å². The van der Waals surface area contributed by atoms with E-state index in [1.165, 1.54) is 5.56 Å². The molecular weight excluding hydrogens is 280 g/mol. The lowest BCUT2D eigenvalue weighted by Crippen LogP contribution is -2.10. The summed E-state index contributed by atoms with van der Waals surface area (Å²) in [5.41, 5.74) is 8.07. The van der Waals surface area contributed by atoms with Crippen LogP contribution >= 0.6 is 11.3 Å². The maximum Gasteiger partial charge on any atom is 0.141 e. The van der Waals surface area contributed by atoms with Gasteiger partial charge in [-0.15, -0.1) is 11.3 Å². The minimum absolute atomic E-state index is 0.250. The number of aromatic nitrogens is 2. The molecule has 0 aliphatic rings. The van der Waals surface area contributed by atoms with Gasteiger partial charge in [-0.25, -0.2) is 9.98 Å². The molecule has 5 heteroatoms. The molecule has 0 bridgehead atoms. The van der Waals surface area contributed by atoms with Crippen LogP contribution in [-0.2, 0) is 0 Å². The first-order chi connectivity index (χ1) is 10.2. The number of aliphatic imine (C=N–C) groups is 1. The summed E-state index contributed by atoms with van der Waals surface area (Å²) in [6.45, 7) is 2.14. The molecule has 2 N–H and O–H groups in total. The van der Waals surface area contributed by atoms with Crippen LogP contribution in [0.4, 0.5) is 5.69 Å². The van der Waals surface area contributed by atoms with E-state index < -0.39 is 0 Å². The van der Waals surface area contributed by atoms with Crippen molar-refractivity contribution < 1.29 is 0 Å². The number of amidine groups is 1. The third kappa shape index (κ3) is 3.03. The Morgan fingerprint density at radius 3 is 2.71 bits per heavy atom. The fourth-order valence-electron chi connectivity index (χ4n) is 2.12. The summed E-state index contributed by atoms with van der Waals surface area (Å²) < 4.78 is 2.07. The highest BCUT2D eigenvalue weighted by molar-refractivity contribution is 7.12. The van der Waals surface area contributed by atoms with E-state index in [-0.39, 0.29) is 6.04 Å². The number of thiophene rings is 1. The third-order valence-corrected chi connectivity index (χ3v) is 4.26. The van der Waals surface area contributed by atoms with Gasteiger partial charge < -0.3 is 10.3 Å². The van der Waals surface area contributed by atoms with Gasteiger partial charge in [-0.05, 0) is 36.1 Å². The third-order valence-electron chi connectivity index (χ3n) is 3.37. The maximum atomic E-state index is 5.99. The van der Waals surface area contributed by atoms with Gasteiger partial charge in [0.05, 0.1) is 22.9 Å². The number of hydrogen-bond donors (Lipinski definition) is 1. The van der Waals surface area contributed by atoms with Crippen molar-refractivity contribution in [3.8, 4) is 0 Å². The van der Waals surface area contributed by atoms with Gasteiger partial charge in [0.1, 0.15) is 5.84 Å². The number of nitrogens with two attached hydrogens (primary N) is 1. The molecule has 1 atom stereocenters. The average molecular weight is 296 g/mol. The van der Waals surface area contributed by atoms with E-state index in [0.717, 1.165) is 10.6 Å². The standard InChI is InChI=1S/C16H16N4S/c1-12(20-9-8-18-11-20)13-4-6-14(7-5-13)19-16(17)15-3-2-10-21-15/h2-12H,1H3,(H2,17,19). The lowest BCUT2D eigenvalue weighted by Gasteiger charge is -2.13. The summed E-state index contributed by atoms with van der Waals surface area (Å²) >= 11 is 1.59. The molecule has 0 spiro atoms. The Hall–Kier alpha value is -2.40. The molecule has 0 amide bonds. The normalized spacial score (nSPS) is 13.3. The average Bonchev–Trinajstić information content (AvgIpc) is 3.20. The Kier molecular flexibility index (Phi) is 3.83. The molecule has 4 nitrogen and oxygen atoms in total. The van der Waals surface area contributed by atoms with Crippen molar-refractivity contribution in [2.75, 3.05) is 0 Å². The number of hydrogen-bond acceptors (Lipinski definition) is 3. The van der Waals surface area contributed by atoms with Gasteiger partial charge in [0.15, 0.2) is 0 Å². The molecule has 21 heavy (non-hydrogen) atoms. The Bertz CT molecular complexity index is 712. The van der Waals surface area contributed by atoms with E-state index in [0.29, 0.717) is 5.84 Å². The number of imidazole rings is 1. The Morgan fingerprint density at radius 2 is 2.10 bits per heavy atom. The number of rotatable bonds is 4. The molecule has 2 aromatic heterocycles. The van der Waals surface area contributed by atoms with Gasteiger partial charge in [0, 0.05) is 12.4 Å². The van der Waals surface area contributed by atoms with Crippen molar-refractivity contribution in [3.05, 3.63) is 70.9 Å². The first kappa shape index (κ1) is 13.6. The predicted molar refractivity (Wildman–Crippen MR) is 87.2 cm³/mol. The van der Waals surface area contributed by atoms with Crippen molar-refractivity contribution in [3.63, 3.8) is 0 Å². The molecule has 0 aliphatic carbocycles. The highest BCUT2D eigenvalue weighted by Gasteiger charge is 2.06. The van der Waals surface area contributed by atoms with Gasteiger partial charge in [0.25, 0.3) is 0 Å². The topological polar surface area (TPSA) is 56.2 Å². The Labute approximate surface area is 127 Å². The van der Waals surface area contributed by atoms with Crippen molar-refractivity contribution in [1.29, 1.82) is 0 Å². The molecule has 0 saturated carbocycles. The number of nitrogens with zero attached hydrogens (tertiary/aromatic N) is 3. The summed E-state index contributed by atoms with van der Waals surface area (Å²) in [5, 5.41) is 1.99. The minimum Gasteiger partial charge on any atom is -0.383 e. The Morgan fingerprint density at radius 1 is 1.29 bits per heavy atom. The van der Waals surface area contributed by atoms with Gasteiger partial charge in [-0.2, -0.15) is 0 Å². The van der Waals surface area contributed by atoms with E-state index in [9.17, 15) is 0 Å².